The second-order valence-corrected chi connectivity index (χ2v) is 7.30. The van der Waals surface area contributed by atoms with Gasteiger partial charge < -0.3 is 11.1 Å². The van der Waals surface area contributed by atoms with Crippen molar-refractivity contribution in [3.63, 3.8) is 0 Å². The molecule has 3 N–H and O–H groups in total. The maximum atomic E-state index is 12.1. The number of rotatable bonds is 6. The first kappa shape index (κ1) is 18.6. The lowest BCUT2D eigenvalue weighted by atomic mass is 9.84. The van der Waals surface area contributed by atoms with Crippen LogP contribution in [-0.4, -0.2) is 12.5 Å². The number of nitrogen functional groups attached to an aromatic ring is 1. The zero-order valence-electron chi connectivity index (χ0n) is 13.9. The number of halogens is 2. The molecule has 3 nitrogen and oxygen atoms in total. The Morgan fingerprint density at radius 3 is 2.50 bits per heavy atom. The van der Waals surface area contributed by atoms with Crippen LogP contribution >= 0.6 is 23.2 Å². The van der Waals surface area contributed by atoms with E-state index in [1.807, 2.05) is 36.4 Å². The van der Waals surface area contributed by atoms with Crippen LogP contribution in [0.2, 0.25) is 10.0 Å². The van der Waals surface area contributed by atoms with Crippen molar-refractivity contribution in [2.45, 2.75) is 32.1 Å². The quantitative estimate of drug-likeness (QED) is 0.735. The molecule has 1 amide bonds. The van der Waals surface area contributed by atoms with E-state index in [4.69, 9.17) is 28.9 Å². The average Bonchev–Trinajstić information content (AvgIpc) is 2.54. The summed E-state index contributed by atoms with van der Waals surface area (Å²) in [5.74, 6) is 0.00592. The van der Waals surface area contributed by atoms with Gasteiger partial charge in [-0.25, -0.2) is 0 Å². The van der Waals surface area contributed by atoms with E-state index in [1.165, 1.54) is 0 Å². The van der Waals surface area contributed by atoms with Gasteiger partial charge in [0.25, 0.3) is 0 Å². The number of para-hydroxylation sites is 1. The molecular formula is C19H22Cl2N2O. The van der Waals surface area contributed by atoms with Crippen LogP contribution in [0.5, 0.6) is 0 Å². The lowest BCUT2D eigenvalue weighted by molar-refractivity contribution is -0.121. The highest BCUT2D eigenvalue weighted by Crippen LogP contribution is 2.29. The molecule has 0 aliphatic heterocycles. The van der Waals surface area contributed by atoms with Gasteiger partial charge in [-0.15, -0.1) is 0 Å². The molecule has 0 atom stereocenters. The van der Waals surface area contributed by atoms with Crippen molar-refractivity contribution in [3.05, 3.63) is 63.6 Å². The molecule has 0 saturated carbocycles. The fraction of sp³-hybridized carbons (Fsp3) is 0.316. The number of anilines is 1. The van der Waals surface area contributed by atoms with Gasteiger partial charge in [-0.1, -0.05) is 61.3 Å². The van der Waals surface area contributed by atoms with Crippen molar-refractivity contribution in [2.24, 2.45) is 0 Å². The number of nitrogens with one attached hydrogen (secondary N) is 1. The normalized spacial score (nSPS) is 11.3. The molecule has 2 aromatic rings. The summed E-state index contributed by atoms with van der Waals surface area (Å²) >= 11 is 12.0. The van der Waals surface area contributed by atoms with Crippen LogP contribution in [0.1, 0.15) is 31.4 Å². The summed E-state index contributed by atoms with van der Waals surface area (Å²) in [7, 11) is 0. The minimum atomic E-state index is -0.240. The maximum absolute atomic E-state index is 12.1. The Morgan fingerprint density at radius 1 is 1.12 bits per heavy atom. The standard InChI is InChI=1S/C19H22Cl2N2O/c1-19(2,14-8-9-15(20)16(21)11-14)12-23-18(24)10-7-13-5-3-4-6-17(13)22/h3-6,8-9,11H,7,10,12,22H2,1-2H3,(H,23,24). The first-order valence-corrected chi connectivity index (χ1v) is 8.61. The fourth-order valence-corrected chi connectivity index (χ4v) is 2.74. The molecule has 2 rings (SSSR count). The van der Waals surface area contributed by atoms with Crippen molar-refractivity contribution in [3.8, 4) is 0 Å². The van der Waals surface area contributed by atoms with E-state index >= 15 is 0 Å². The summed E-state index contributed by atoms with van der Waals surface area (Å²) in [6.07, 6.45) is 1.04. The van der Waals surface area contributed by atoms with Gasteiger partial charge >= 0.3 is 0 Å². The summed E-state index contributed by atoms with van der Waals surface area (Å²) in [6.45, 7) is 4.64. The molecule has 0 aromatic heterocycles. The van der Waals surface area contributed by atoms with Gasteiger partial charge in [-0.05, 0) is 35.7 Å². The highest BCUT2D eigenvalue weighted by Gasteiger charge is 2.22. The smallest absolute Gasteiger partial charge is 0.220 e. The third-order valence-electron chi connectivity index (χ3n) is 4.11. The van der Waals surface area contributed by atoms with E-state index in [-0.39, 0.29) is 11.3 Å². The molecule has 0 heterocycles. The molecule has 128 valence electrons. The summed E-state index contributed by atoms with van der Waals surface area (Å²) in [4.78, 5) is 12.1. The Labute approximate surface area is 153 Å². The van der Waals surface area contributed by atoms with E-state index in [2.05, 4.69) is 19.2 Å². The van der Waals surface area contributed by atoms with Crippen LogP contribution in [0.15, 0.2) is 42.5 Å². The molecule has 0 unspecified atom stereocenters. The minimum absolute atomic E-state index is 0.00592. The molecule has 2 aromatic carbocycles. The Bertz CT molecular complexity index is 729. The molecule has 0 radical (unpaired) electrons. The first-order valence-electron chi connectivity index (χ1n) is 7.85. The molecule has 0 aliphatic rings. The fourth-order valence-electron chi connectivity index (χ4n) is 2.44. The molecule has 0 bridgehead atoms. The Kier molecular flexibility index (Phi) is 6.14. The maximum Gasteiger partial charge on any atom is 0.220 e. The highest BCUT2D eigenvalue weighted by atomic mass is 35.5. The Hall–Kier alpha value is -1.71. The second kappa shape index (κ2) is 7.91. The predicted molar refractivity (Wildman–Crippen MR) is 102 cm³/mol. The summed E-state index contributed by atoms with van der Waals surface area (Å²) in [5, 5.41) is 4.04. The molecule has 5 heteroatoms. The molecule has 0 saturated heterocycles. The Morgan fingerprint density at radius 2 is 1.83 bits per heavy atom. The van der Waals surface area contributed by atoms with Crippen LogP contribution in [0.3, 0.4) is 0 Å². The number of amides is 1. The monoisotopic (exact) mass is 364 g/mol. The number of nitrogens with two attached hydrogens (primary N) is 1. The topological polar surface area (TPSA) is 55.1 Å². The van der Waals surface area contributed by atoms with Gasteiger partial charge in [0.1, 0.15) is 0 Å². The van der Waals surface area contributed by atoms with Gasteiger partial charge in [-0.3, -0.25) is 4.79 Å². The van der Waals surface area contributed by atoms with Crippen molar-refractivity contribution < 1.29 is 4.79 Å². The lowest BCUT2D eigenvalue weighted by Crippen LogP contribution is -2.36. The van der Waals surface area contributed by atoms with E-state index in [0.29, 0.717) is 29.4 Å². The lowest BCUT2D eigenvalue weighted by Gasteiger charge is -2.26. The van der Waals surface area contributed by atoms with Crippen LogP contribution in [0.4, 0.5) is 5.69 Å². The SMILES string of the molecule is CC(C)(CNC(=O)CCc1ccccc1N)c1ccc(Cl)c(Cl)c1. The van der Waals surface area contributed by atoms with Gasteiger partial charge in [-0.2, -0.15) is 0 Å². The third kappa shape index (κ3) is 4.89. The zero-order chi connectivity index (χ0) is 17.7. The van der Waals surface area contributed by atoms with E-state index < -0.39 is 0 Å². The number of carbonyl (C=O) groups is 1. The minimum Gasteiger partial charge on any atom is -0.399 e. The van der Waals surface area contributed by atoms with E-state index in [9.17, 15) is 4.79 Å². The third-order valence-corrected chi connectivity index (χ3v) is 4.84. The van der Waals surface area contributed by atoms with Gasteiger partial charge in [0.2, 0.25) is 5.91 Å². The summed E-state index contributed by atoms with van der Waals surface area (Å²) < 4.78 is 0. The molecule has 0 fully saturated rings. The van der Waals surface area contributed by atoms with Crippen LogP contribution in [0.25, 0.3) is 0 Å². The molecule has 24 heavy (non-hydrogen) atoms. The zero-order valence-corrected chi connectivity index (χ0v) is 15.4. The van der Waals surface area contributed by atoms with Crippen molar-refractivity contribution in [2.75, 3.05) is 12.3 Å². The van der Waals surface area contributed by atoms with E-state index in [1.54, 1.807) is 6.07 Å². The van der Waals surface area contributed by atoms with Gasteiger partial charge in [0, 0.05) is 24.1 Å². The summed E-state index contributed by atoms with van der Waals surface area (Å²) in [5.41, 5.74) is 8.41. The van der Waals surface area contributed by atoms with Gasteiger partial charge in [0.05, 0.1) is 10.0 Å². The predicted octanol–water partition coefficient (Wildman–Crippen LogP) is 4.60. The van der Waals surface area contributed by atoms with Crippen molar-refractivity contribution in [1.82, 2.24) is 5.32 Å². The largest absolute Gasteiger partial charge is 0.399 e. The van der Waals surface area contributed by atoms with Crippen molar-refractivity contribution in [1.29, 1.82) is 0 Å². The number of aryl methyl sites for hydroxylation is 1. The highest BCUT2D eigenvalue weighted by molar-refractivity contribution is 6.42. The van der Waals surface area contributed by atoms with Gasteiger partial charge in [0.15, 0.2) is 0 Å². The number of hydrogen-bond donors (Lipinski definition) is 2. The average molecular weight is 365 g/mol. The van der Waals surface area contributed by atoms with Crippen LogP contribution in [0, 0.1) is 0 Å². The molecular weight excluding hydrogens is 343 g/mol. The summed E-state index contributed by atoms with van der Waals surface area (Å²) in [6, 6.07) is 13.2. The second-order valence-electron chi connectivity index (χ2n) is 6.49. The van der Waals surface area contributed by atoms with Crippen molar-refractivity contribution >= 4 is 34.8 Å². The number of carbonyl (C=O) groups excluding carboxylic acids is 1. The van der Waals surface area contributed by atoms with Crippen LogP contribution in [-0.2, 0) is 16.6 Å². The number of hydrogen-bond acceptors (Lipinski definition) is 2. The molecule has 0 aliphatic carbocycles. The Balaban J connectivity index is 1.90. The van der Waals surface area contributed by atoms with Crippen LogP contribution < -0.4 is 11.1 Å². The molecule has 0 spiro atoms. The van der Waals surface area contributed by atoms with E-state index in [0.717, 1.165) is 16.8 Å². The number of benzene rings is 2. The first-order chi connectivity index (χ1) is 11.3.